The molecule has 0 aliphatic carbocycles. The number of hydrogen-bond donors (Lipinski definition) is 2. The van der Waals surface area contributed by atoms with Crippen LogP contribution in [0.5, 0.6) is 5.75 Å². The van der Waals surface area contributed by atoms with Crippen LogP contribution in [0.2, 0.25) is 0 Å². The lowest BCUT2D eigenvalue weighted by molar-refractivity contribution is 0.0457. The fourth-order valence-electron chi connectivity index (χ4n) is 2.23. The second kappa shape index (κ2) is 8.09. The summed E-state index contributed by atoms with van der Waals surface area (Å²) < 4.78 is 23.8. The molecule has 4 N–H and O–H groups in total. The standard InChI is InChI=1S/C18H16FN5O3/c19-12-7-5-11(6-8-12)9-26-14-4-2-1-3-13(14)16(25)27-10-15-22-17(20)24-18(21)23-15/h1-8H,9-10H2,(H4,20,21,22,23,24). The second-order valence-corrected chi connectivity index (χ2v) is 5.46. The third-order valence-corrected chi connectivity index (χ3v) is 3.46. The maximum atomic E-state index is 13.0. The number of para-hydroxylation sites is 1. The number of aromatic nitrogens is 3. The zero-order chi connectivity index (χ0) is 19.2. The van der Waals surface area contributed by atoms with Crippen molar-refractivity contribution in [3.8, 4) is 5.75 Å². The second-order valence-electron chi connectivity index (χ2n) is 5.46. The lowest BCUT2D eigenvalue weighted by Gasteiger charge is -2.11. The Morgan fingerprint density at radius 2 is 1.59 bits per heavy atom. The number of carbonyl (C=O) groups is 1. The number of nitrogens with two attached hydrogens (primary N) is 2. The Balaban J connectivity index is 1.66. The number of ether oxygens (including phenoxy) is 2. The van der Waals surface area contributed by atoms with Gasteiger partial charge in [-0.15, -0.1) is 0 Å². The SMILES string of the molecule is Nc1nc(N)nc(COC(=O)c2ccccc2OCc2ccc(F)cc2)n1. The Hall–Kier alpha value is -3.75. The van der Waals surface area contributed by atoms with E-state index in [1.807, 2.05) is 0 Å². The number of nitrogens with zero attached hydrogens (tertiary/aromatic N) is 3. The predicted octanol–water partition coefficient (Wildman–Crippen LogP) is 2.11. The van der Waals surface area contributed by atoms with Crippen LogP contribution in [0.4, 0.5) is 16.3 Å². The molecule has 0 fully saturated rings. The van der Waals surface area contributed by atoms with Crippen LogP contribution in [0.15, 0.2) is 48.5 Å². The van der Waals surface area contributed by atoms with Crippen molar-refractivity contribution in [3.05, 3.63) is 71.3 Å². The number of halogens is 1. The first-order chi connectivity index (χ1) is 13.0. The Bertz CT molecular complexity index is 930. The molecule has 0 unspecified atom stereocenters. The summed E-state index contributed by atoms with van der Waals surface area (Å²) in [7, 11) is 0. The summed E-state index contributed by atoms with van der Waals surface area (Å²) >= 11 is 0. The maximum absolute atomic E-state index is 13.0. The first-order valence-corrected chi connectivity index (χ1v) is 7.90. The van der Waals surface area contributed by atoms with E-state index in [1.165, 1.54) is 12.1 Å². The van der Waals surface area contributed by atoms with E-state index in [2.05, 4.69) is 15.0 Å². The molecule has 138 valence electrons. The molecule has 3 aromatic rings. The molecule has 0 saturated carbocycles. The quantitative estimate of drug-likeness (QED) is 0.633. The van der Waals surface area contributed by atoms with E-state index >= 15 is 0 Å². The zero-order valence-electron chi connectivity index (χ0n) is 14.1. The summed E-state index contributed by atoms with van der Waals surface area (Å²) in [4.78, 5) is 23.7. The van der Waals surface area contributed by atoms with E-state index in [-0.39, 0.29) is 42.3 Å². The highest BCUT2D eigenvalue weighted by molar-refractivity contribution is 5.92. The fraction of sp³-hybridized carbons (Fsp3) is 0.111. The van der Waals surface area contributed by atoms with Gasteiger partial charge in [-0.1, -0.05) is 24.3 Å². The molecule has 0 amide bonds. The van der Waals surface area contributed by atoms with Gasteiger partial charge in [0.05, 0.1) is 0 Å². The molecule has 2 aromatic carbocycles. The zero-order valence-corrected chi connectivity index (χ0v) is 14.1. The molecule has 0 aliphatic rings. The molecule has 1 aromatic heterocycles. The van der Waals surface area contributed by atoms with Gasteiger partial charge in [0.1, 0.15) is 23.7 Å². The first-order valence-electron chi connectivity index (χ1n) is 7.90. The summed E-state index contributed by atoms with van der Waals surface area (Å²) in [6.07, 6.45) is 0. The lowest BCUT2D eigenvalue weighted by atomic mass is 10.2. The van der Waals surface area contributed by atoms with Gasteiger partial charge in [0.2, 0.25) is 11.9 Å². The molecule has 3 rings (SSSR count). The minimum atomic E-state index is -0.623. The highest BCUT2D eigenvalue weighted by Crippen LogP contribution is 2.21. The summed E-state index contributed by atoms with van der Waals surface area (Å²) in [5, 5.41) is 0. The van der Waals surface area contributed by atoms with E-state index < -0.39 is 5.97 Å². The maximum Gasteiger partial charge on any atom is 0.342 e. The van der Waals surface area contributed by atoms with Crippen molar-refractivity contribution in [2.24, 2.45) is 0 Å². The third-order valence-electron chi connectivity index (χ3n) is 3.46. The minimum Gasteiger partial charge on any atom is -0.488 e. The van der Waals surface area contributed by atoms with Gasteiger partial charge in [-0.05, 0) is 29.8 Å². The number of anilines is 2. The molecular formula is C18H16FN5O3. The Morgan fingerprint density at radius 1 is 0.926 bits per heavy atom. The highest BCUT2D eigenvalue weighted by atomic mass is 19.1. The topological polar surface area (TPSA) is 126 Å². The molecule has 0 aliphatic heterocycles. The van der Waals surface area contributed by atoms with E-state index in [0.717, 1.165) is 5.56 Å². The van der Waals surface area contributed by atoms with Crippen LogP contribution in [0.1, 0.15) is 21.7 Å². The van der Waals surface area contributed by atoms with Crippen LogP contribution < -0.4 is 16.2 Å². The summed E-state index contributed by atoms with van der Waals surface area (Å²) in [6, 6.07) is 12.5. The molecule has 0 saturated heterocycles. The first kappa shape index (κ1) is 18.1. The van der Waals surface area contributed by atoms with Gasteiger partial charge >= 0.3 is 5.97 Å². The van der Waals surface area contributed by atoms with Gasteiger partial charge < -0.3 is 20.9 Å². The molecule has 9 heteroatoms. The van der Waals surface area contributed by atoms with Gasteiger partial charge in [-0.3, -0.25) is 0 Å². The van der Waals surface area contributed by atoms with E-state index in [4.69, 9.17) is 20.9 Å². The van der Waals surface area contributed by atoms with Crippen LogP contribution in [-0.4, -0.2) is 20.9 Å². The predicted molar refractivity (Wildman–Crippen MR) is 94.9 cm³/mol. The number of rotatable bonds is 6. The highest BCUT2D eigenvalue weighted by Gasteiger charge is 2.15. The Kier molecular flexibility index (Phi) is 5.41. The molecule has 8 nitrogen and oxygen atoms in total. The van der Waals surface area contributed by atoms with Crippen molar-refractivity contribution in [3.63, 3.8) is 0 Å². The smallest absolute Gasteiger partial charge is 0.342 e. The average Bonchev–Trinajstić information content (AvgIpc) is 2.65. The molecule has 27 heavy (non-hydrogen) atoms. The molecule has 0 radical (unpaired) electrons. The van der Waals surface area contributed by atoms with E-state index in [0.29, 0.717) is 5.75 Å². The molecule has 0 spiro atoms. The summed E-state index contributed by atoms with van der Waals surface area (Å²) in [5.41, 5.74) is 11.9. The van der Waals surface area contributed by atoms with Crippen molar-refractivity contribution in [1.29, 1.82) is 0 Å². The monoisotopic (exact) mass is 369 g/mol. The lowest BCUT2D eigenvalue weighted by Crippen LogP contribution is -2.12. The average molecular weight is 369 g/mol. The number of benzene rings is 2. The summed E-state index contributed by atoms with van der Waals surface area (Å²) in [5.74, 6) is -0.600. The molecule has 0 atom stereocenters. The Labute approximate surface area is 154 Å². The number of carbonyl (C=O) groups excluding carboxylic acids is 1. The van der Waals surface area contributed by atoms with Crippen molar-refractivity contribution in [1.82, 2.24) is 15.0 Å². The number of esters is 1. The van der Waals surface area contributed by atoms with Crippen molar-refractivity contribution >= 4 is 17.9 Å². The summed E-state index contributed by atoms with van der Waals surface area (Å²) in [6.45, 7) is -0.0485. The van der Waals surface area contributed by atoms with Gasteiger partial charge in [-0.2, -0.15) is 15.0 Å². The molecule has 0 bridgehead atoms. The van der Waals surface area contributed by atoms with Crippen molar-refractivity contribution in [2.75, 3.05) is 11.5 Å². The van der Waals surface area contributed by atoms with Gasteiger partial charge in [0, 0.05) is 0 Å². The molecule has 1 heterocycles. The van der Waals surface area contributed by atoms with Crippen LogP contribution in [0, 0.1) is 5.82 Å². The fourth-order valence-corrected chi connectivity index (χ4v) is 2.23. The van der Waals surface area contributed by atoms with Crippen LogP contribution >= 0.6 is 0 Å². The van der Waals surface area contributed by atoms with Crippen LogP contribution in [0.25, 0.3) is 0 Å². The van der Waals surface area contributed by atoms with E-state index in [1.54, 1.807) is 36.4 Å². The third kappa shape index (κ3) is 4.88. The van der Waals surface area contributed by atoms with Gasteiger partial charge in [0.25, 0.3) is 0 Å². The van der Waals surface area contributed by atoms with E-state index in [9.17, 15) is 9.18 Å². The van der Waals surface area contributed by atoms with Gasteiger partial charge in [-0.25, -0.2) is 9.18 Å². The van der Waals surface area contributed by atoms with Crippen molar-refractivity contribution < 1.29 is 18.7 Å². The van der Waals surface area contributed by atoms with Crippen LogP contribution in [0.3, 0.4) is 0 Å². The largest absolute Gasteiger partial charge is 0.488 e. The number of nitrogen functional groups attached to an aromatic ring is 2. The van der Waals surface area contributed by atoms with Gasteiger partial charge in [0.15, 0.2) is 12.4 Å². The van der Waals surface area contributed by atoms with Crippen molar-refractivity contribution in [2.45, 2.75) is 13.2 Å². The minimum absolute atomic E-state index is 0.0587. The van der Waals surface area contributed by atoms with Crippen LogP contribution in [-0.2, 0) is 18.0 Å². The Morgan fingerprint density at radius 3 is 2.30 bits per heavy atom. The number of hydrogen-bond acceptors (Lipinski definition) is 8. The molecular weight excluding hydrogens is 353 g/mol. The normalized spacial score (nSPS) is 10.4.